The van der Waals surface area contributed by atoms with Gasteiger partial charge in [0.05, 0.1) is 0 Å². The molecule has 0 saturated heterocycles. The lowest BCUT2D eigenvalue weighted by Crippen LogP contribution is -2.28. The summed E-state index contributed by atoms with van der Waals surface area (Å²) in [5.41, 5.74) is 0. The molecule has 1 aliphatic rings. The lowest BCUT2D eigenvalue weighted by Gasteiger charge is -2.20. The van der Waals surface area contributed by atoms with Crippen LogP contribution in [0.5, 0.6) is 0 Å². The third kappa shape index (κ3) is 0.633. The van der Waals surface area contributed by atoms with Crippen LogP contribution in [0.25, 0.3) is 0 Å². The average Bonchev–Trinajstić information content (AvgIpc) is 1.23. The Hall–Kier alpha value is -0.790. The van der Waals surface area contributed by atoms with Gasteiger partial charge in [-0.3, -0.25) is 4.79 Å². The fraction of sp³-hybridized carbons (Fsp3) is 0.400. The van der Waals surface area contributed by atoms with Gasteiger partial charge in [-0.1, -0.05) is 0 Å². The number of hydrogen-bond donors (Lipinski definition) is 0. The predicted molar refractivity (Wildman–Crippen MR) is 26.5 cm³/mol. The predicted octanol–water partition coefficient (Wildman–Crippen LogP) is 0.362. The van der Waals surface area contributed by atoms with Crippen LogP contribution in [0.15, 0.2) is 12.3 Å². The molecule has 7 heavy (non-hydrogen) atoms. The first kappa shape index (κ1) is 4.37. The number of rotatable bonds is 0. The molecule has 0 aromatic carbocycles. The van der Waals surface area contributed by atoms with Gasteiger partial charge in [0.15, 0.2) is 0 Å². The van der Waals surface area contributed by atoms with Crippen molar-refractivity contribution in [3.8, 4) is 0 Å². The Labute approximate surface area is 42.4 Å². The van der Waals surface area contributed by atoms with Crippen LogP contribution in [-0.4, -0.2) is 17.4 Å². The Morgan fingerprint density at radius 1 is 1.86 bits per heavy atom. The summed E-state index contributed by atoms with van der Waals surface area (Å²) >= 11 is 0. The molecule has 0 fully saturated rings. The Balaban J connectivity index is 2.44. The quantitative estimate of drug-likeness (QED) is 0.427. The average molecular weight is 97.1 g/mol. The summed E-state index contributed by atoms with van der Waals surface area (Å²) in [6.07, 6.45) is 3.73. The molecule has 0 bridgehead atoms. The molecule has 0 aliphatic carbocycles. The minimum absolute atomic E-state index is 0.127. The molecular weight excluding hydrogens is 90.1 g/mol. The maximum atomic E-state index is 10.3. The van der Waals surface area contributed by atoms with Crippen molar-refractivity contribution >= 4 is 5.91 Å². The summed E-state index contributed by atoms with van der Waals surface area (Å²) < 4.78 is 0. The van der Waals surface area contributed by atoms with E-state index in [1.54, 1.807) is 18.0 Å². The van der Waals surface area contributed by atoms with Crippen molar-refractivity contribution in [2.45, 2.75) is 6.92 Å². The van der Waals surface area contributed by atoms with Gasteiger partial charge in [0.1, 0.15) is 0 Å². The number of carbonyl (C=O) groups excluding carboxylic acids is 1. The SMILES string of the molecule is CC(=O)N1C=CC1. The maximum absolute atomic E-state index is 10.3. The van der Waals surface area contributed by atoms with E-state index in [9.17, 15) is 4.79 Å². The van der Waals surface area contributed by atoms with Crippen molar-refractivity contribution in [2.24, 2.45) is 0 Å². The fourth-order valence-corrected chi connectivity index (χ4v) is 0.444. The molecule has 1 amide bonds. The van der Waals surface area contributed by atoms with E-state index in [4.69, 9.17) is 0 Å². The second kappa shape index (κ2) is 1.37. The number of hydrogen-bond acceptors (Lipinski definition) is 1. The van der Waals surface area contributed by atoms with Crippen LogP contribution < -0.4 is 0 Å². The summed E-state index contributed by atoms with van der Waals surface area (Å²) in [6.45, 7) is 2.36. The van der Waals surface area contributed by atoms with Crippen molar-refractivity contribution in [3.05, 3.63) is 12.3 Å². The van der Waals surface area contributed by atoms with Gasteiger partial charge in [-0.25, -0.2) is 0 Å². The minimum atomic E-state index is 0.127. The number of carbonyl (C=O) groups is 1. The second-order valence-corrected chi connectivity index (χ2v) is 1.56. The molecule has 2 heteroatoms. The molecule has 1 heterocycles. The smallest absolute Gasteiger partial charge is 0.223 e. The van der Waals surface area contributed by atoms with Gasteiger partial charge in [-0.2, -0.15) is 0 Å². The molecule has 0 aromatic heterocycles. The van der Waals surface area contributed by atoms with Crippen LogP contribution in [0.2, 0.25) is 0 Å². The van der Waals surface area contributed by atoms with E-state index < -0.39 is 0 Å². The highest BCUT2D eigenvalue weighted by Crippen LogP contribution is 1.99. The topological polar surface area (TPSA) is 20.3 Å². The van der Waals surface area contributed by atoms with Crippen LogP contribution in [0.1, 0.15) is 6.92 Å². The Kier molecular flexibility index (Phi) is 0.855. The van der Waals surface area contributed by atoms with Gasteiger partial charge in [0.2, 0.25) is 5.91 Å². The van der Waals surface area contributed by atoms with Crippen LogP contribution in [0.3, 0.4) is 0 Å². The summed E-state index contributed by atoms with van der Waals surface area (Å²) in [7, 11) is 0. The highest BCUT2D eigenvalue weighted by Gasteiger charge is 2.06. The standard InChI is InChI=1S/C5H7NO/c1-5(7)6-3-2-4-6/h2-3H,4H2,1H3. The van der Waals surface area contributed by atoms with Crippen LogP contribution in [0.4, 0.5) is 0 Å². The number of amides is 1. The van der Waals surface area contributed by atoms with Gasteiger partial charge >= 0.3 is 0 Å². The Bertz CT molecular complexity index is 117. The summed E-state index contributed by atoms with van der Waals surface area (Å²) in [6, 6.07) is 0. The molecule has 0 spiro atoms. The van der Waals surface area contributed by atoms with Crippen molar-refractivity contribution < 1.29 is 4.79 Å². The molecule has 0 aromatic rings. The van der Waals surface area contributed by atoms with E-state index in [2.05, 4.69) is 0 Å². The van der Waals surface area contributed by atoms with E-state index in [1.807, 2.05) is 6.08 Å². The van der Waals surface area contributed by atoms with Crippen molar-refractivity contribution in [2.75, 3.05) is 6.54 Å². The van der Waals surface area contributed by atoms with E-state index in [-0.39, 0.29) is 5.91 Å². The van der Waals surface area contributed by atoms with Crippen molar-refractivity contribution in [1.82, 2.24) is 4.90 Å². The molecule has 0 radical (unpaired) electrons. The normalized spacial score (nSPS) is 16.4. The van der Waals surface area contributed by atoms with Crippen LogP contribution >= 0.6 is 0 Å². The summed E-state index contributed by atoms with van der Waals surface area (Å²) in [4.78, 5) is 12.0. The molecular formula is C5H7NO. The first-order chi connectivity index (χ1) is 3.30. The Morgan fingerprint density at radius 3 is 2.43 bits per heavy atom. The first-order valence-corrected chi connectivity index (χ1v) is 2.24. The summed E-state index contributed by atoms with van der Waals surface area (Å²) in [5, 5.41) is 0. The Morgan fingerprint density at radius 2 is 2.43 bits per heavy atom. The zero-order chi connectivity index (χ0) is 5.28. The van der Waals surface area contributed by atoms with E-state index in [0.29, 0.717) is 0 Å². The molecule has 1 aliphatic heterocycles. The third-order valence-electron chi connectivity index (χ3n) is 0.992. The molecule has 2 nitrogen and oxygen atoms in total. The van der Waals surface area contributed by atoms with Gasteiger partial charge in [-0.05, 0) is 6.08 Å². The number of nitrogens with zero attached hydrogens (tertiary/aromatic N) is 1. The second-order valence-electron chi connectivity index (χ2n) is 1.56. The van der Waals surface area contributed by atoms with Crippen molar-refractivity contribution in [1.29, 1.82) is 0 Å². The molecule has 0 N–H and O–H groups in total. The highest BCUT2D eigenvalue weighted by atomic mass is 16.2. The van der Waals surface area contributed by atoms with Crippen LogP contribution in [0, 0.1) is 0 Å². The monoisotopic (exact) mass is 97.1 g/mol. The third-order valence-corrected chi connectivity index (χ3v) is 0.992. The largest absolute Gasteiger partial charge is 0.316 e. The first-order valence-electron chi connectivity index (χ1n) is 2.24. The van der Waals surface area contributed by atoms with Gasteiger partial charge < -0.3 is 4.90 Å². The lowest BCUT2D eigenvalue weighted by molar-refractivity contribution is -0.126. The minimum Gasteiger partial charge on any atom is -0.316 e. The van der Waals surface area contributed by atoms with Gasteiger partial charge in [0.25, 0.3) is 0 Å². The molecule has 38 valence electrons. The maximum Gasteiger partial charge on any atom is 0.223 e. The molecule has 0 saturated carbocycles. The lowest BCUT2D eigenvalue weighted by atomic mass is 10.4. The molecule has 0 unspecified atom stereocenters. The van der Waals surface area contributed by atoms with E-state index in [0.717, 1.165) is 6.54 Å². The van der Waals surface area contributed by atoms with Gasteiger partial charge in [0, 0.05) is 19.7 Å². The fourth-order valence-electron chi connectivity index (χ4n) is 0.444. The zero-order valence-electron chi connectivity index (χ0n) is 4.22. The molecule has 0 atom stereocenters. The van der Waals surface area contributed by atoms with E-state index >= 15 is 0 Å². The molecule has 1 rings (SSSR count). The highest BCUT2D eigenvalue weighted by molar-refractivity contribution is 5.75. The van der Waals surface area contributed by atoms with Gasteiger partial charge in [-0.15, -0.1) is 0 Å². The zero-order valence-corrected chi connectivity index (χ0v) is 4.22. The van der Waals surface area contributed by atoms with E-state index in [1.165, 1.54) is 0 Å². The van der Waals surface area contributed by atoms with Crippen molar-refractivity contribution in [3.63, 3.8) is 0 Å². The van der Waals surface area contributed by atoms with Crippen LogP contribution in [-0.2, 0) is 4.79 Å². The summed E-state index contributed by atoms with van der Waals surface area (Å²) in [5.74, 6) is 0.127.